The number of carbonyl (C=O) groups excluding carboxylic acids is 2. The van der Waals surface area contributed by atoms with E-state index < -0.39 is 23.7 Å². The summed E-state index contributed by atoms with van der Waals surface area (Å²) >= 11 is 0. The first kappa shape index (κ1) is 20.1. The topological polar surface area (TPSA) is 81.4 Å². The maximum Gasteiger partial charge on any atom is 0.252 e. The van der Waals surface area contributed by atoms with Crippen LogP contribution in [0.4, 0.5) is 4.39 Å². The molecule has 0 fully saturated rings. The number of ether oxygens (including phenoxy) is 1. The number of hydrogen-bond acceptors (Lipinski definition) is 3. The van der Waals surface area contributed by atoms with Crippen LogP contribution in [0, 0.1) is 5.82 Å². The Morgan fingerprint density at radius 3 is 2.31 bits per heavy atom. The van der Waals surface area contributed by atoms with E-state index in [1.807, 2.05) is 42.5 Å². The van der Waals surface area contributed by atoms with Crippen LogP contribution in [0.3, 0.4) is 0 Å². The van der Waals surface area contributed by atoms with Crippen molar-refractivity contribution in [2.75, 3.05) is 0 Å². The Hall–Kier alpha value is -3.67. The lowest BCUT2D eigenvalue weighted by atomic mass is 10.0. The molecule has 0 aliphatic carbocycles. The Bertz CT molecular complexity index is 975. The first-order chi connectivity index (χ1) is 14.0. The third-order valence-corrected chi connectivity index (χ3v) is 4.35. The molecule has 0 saturated carbocycles. The van der Waals surface area contributed by atoms with E-state index >= 15 is 0 Å². The molecule has 0 radical (unpaired) electrons. The Balaban J connectivity index is 1.60. The molecule has 1 atom stereocenters. The van der Waals surface area contributed by atoms with Crippen LogP contribution in [-0.2, 0) is 17.8 Å². The molecule has 0 aliphatic heterocycles. The average Bonchev–Trinajstić information content (AvgIpc) is 2.73. The van der Waals surface area contributed by atoms with Crippen molar-refractivity contribution < 1.29 is 18.7 Å². The molecule has 3 aromatic rings. The predicted molar refractivity (Wildman–Crippen MR) is 108 cm³/mol. The second-order valence-corrected chi connectivity index (χ2v) is 6.56. The van der Waals surface area contributed by atoms with Crippen molar-refractivity contribution >= 4 is 11.8 Å². The summed E-state index contributed by atoms with van der Waals surface area (Å²) < 4.78 is 19.0. The number of hydrogen-bond donors (Lipinski definition) is 2. The van der Waals surface area contributed by atoms with Gasteiger partial charge in [-0.05, 0) is 41.5 Å². The minimum atomic E-state index is -0.915. The Morgan fingerprint density at radius 2 is 1.66 bits per heavy atom. The number of primary amides is 1. The van der Waals surface area contributed by atoms with Crippen LogP contribution in [-0.4, -0.2) is 17.9 Å². The number of carbonyl (C=O) groups is 2. The molecule has 0 spiro atoms. The van der Waals surface area contributed by atoms with Crippen molar-refractivity contribution in [3.8, 4) is 5.75 Å². The van der Waals surface area contributed by atoms with Gasteiger partial charge in [-0.25, -0.2) is 4.39 Å². The fourth-order valence-electron chi connectivity index (χ4n) is 2.79. The first-order valence-electron chi connectivity index (χ1n) is 9.12. The number of amides is 2. The maximum absolute atomic E-state index is 13.3. The predicted octanol–water partition coefficient (Wildman–Crippen LogP) is 3.23. The Morgan fingerprint density at radius 1 is 0.931 bits per heavy atom. The van der Waals surface area contributed by atoms with E-state index in [1.54, 1.807) is 12.1 Å². The molecule has 3 N–H and O–H groups in total. The number of nitrogens with one attached hydrogen (secondary N) is 1. The van der Waals surface area contributed by atoms with Gasteiger partial charge in [-0.1, -0.05) is 48.5 Å². The van der Waals surface area contributed by atoms with Crippen LogP contribution >= 0.6 is 0 Å². The van der Waals surface area contributed by atoms with Crippen molar-refractivity contribution in [1.82, 2.24) is 5.32 Å². The third-order valence-electron chi connectivity index (χ3n) is 4.35. The van der Waals surface area contributed by atoms with Crippen molar-refractivity contribution in [1.29, 1.82) is 0 Å². The lowest BCUT2D eigenvalue weighted by molar-refractivity contribution is -0.119. The van der Waals surface area contributed by atoms with Crippen molar-refractivity contribution in [2.45, 2.75) is 19.1 Å². The number of rotatable bonds is 8. The van der Waals surface area contributed by atoms with Gasteiger partial charge in [0.2, 0.25) is 5.91 Å². The third kappa shape index (κ3) is 5.90. The zero-order valence-electron chi connectivity index (χ0n) is 15.7. The van der Waals surface area contributed by atoms with Gasteiger partial charge in [0.15, 0.2) is 0 Å². The second-order valence-electron chi connectivity index (χ2n) is 6.56. The molecular formula is C23H21FN2O3. The maximum atomic E-state index is 13.3. The molecule has 3 rings (SSSR count). The molecule has 0 unspecified atom stereocenters. The van der Waals surface area contributed by atoms with Crippen molar-refractivity contribution in [2.24, 2.45) is 5.73 Å². The Labute approximate surface area is 168 Å². The van der Waals surface area contributed by atoms with Crippen LogP contribution in [0.2, 0.25) is 0 Å². The standard InChI is InChI=1S/C23H21FN2O3/c24-19-8-4-7-18(14-19)23(28)26-21(22(25)27)13-16-9-11-20(12-10-16)29-15-17-5-2-1-3-6-17/h1-12,14,21H,13,15H2,(H2,25,27)(H,26,28)/t21-/m1/s1. The van der Waals surface area contributed by atoms with Gasteiger partial charge in [0.1, 0.15) is 24.2 Å². The van der Waals surface area contributed by atoms with Gasteiger partial charge in [0.25, 0.3) is 5.91 Å². The van der Waals surface area contributed by atoms with E-state index in [1.165, 1.54) is 18.2 Å². The lowest BCUT2D eigenvalue weighted by Gasteiger charge is -2.16. The van der Waals surface area contributed by atoms with Crippen LogP contribution in [0.1, 0.15) is 21.5 Å². The van der Waals surface area contributed by atoms with Gasteiger partial charge in [-0.2, -0.15) is 0 Å². The highest BCUT2D eigenvalue weighted by Gasteiger charge is 2.19. The summed E-state index contributed by atoms with van der Waals surface area (Å²) in [7, 11) is 0. The highest BCUT2D eigenvalue weighted by molar-refractivity contribution is 5.97. The molecule has 0 saturated heterocycles. The van der Waals surface area contributed by atoms with Crippen LogP contribution < -0.4 is 15.8 Å². The van der Waals surface area contributed by atoms with E-state index in [2.05, 4.69) is 5.32 Å². The molecule has 29 heavy (non-hydrogen) atoms. The summed E-state index contributed by atoms with van der Waals surface area (Å²) in [5.41, 5.74) is 7.42. The normalized spacial score (nSPS) is 11.5. The number of nitrogens with two attached hydrogens (primary N) is 1. The van der Waals surface area contributed by atoms with Gasteiger partial charge in [0.05, 0.1) is 0 Å². The van der Waals surface area contributed by atoms with E-state index in [0.717, 1.165) is 17.2 Å². The zero-order valence-corrected chi connectivity index (χ0v) is 15.7. The first-order valence-corrected chi connectivity index (χ1v) is 9.12. The minimum Gasteiger partial charge on any atom is -0.489 e. The molecule has 3 aromatic carbocycles. The van der Waals surface area contributed by atoms with Crippen LogP contribution in [0.5, 0.6) is 5.75 Å². The monoisotopic (exact) mass is 392 g/mol. The molecule has 0 aromatic heterocycles. The van der Waals surface area contributed by atoms with E-state index in [4.69, 9.17) is 10.5 Å². The lowest BCUT2D eigenvalue weighted by Crippen LogP contribution is -2.45. The van der Waals surface area contributed by atoms with Gasteiger partial charge in [0, 0.05) is 12.0 Å². The minimum absolute atomic E-state index is 0.126. The van der Waals surface area contributed by atoms with Gasteiger partial charge in [-0.15, -0.1) is 0 Å². The molecule has 2 amide bonds. The van der Waals surface area contributed by atoms with Crippen LogP contribution in [0.15, 0.2) is 78.9 Å². The fraction of sp³-hybridized carbons (Fsp3) is 0.130. The number of benzene rings is 3. The van der Waals surface area contributed by atoms with E-state index in [0.29, 0.717) is 12.4 Å². The molecule has 0 aliphatic rings. The van der Waals surface area contributed by atoms with Gasteiger partial charge >= 0.3 is 0 Å². The van der Waals surface area contributed by atoms with Crippen LogP contribution in [0.25, 0.3) is 0 Å². The Kier molecular flexibility index (Phi) is 6.58. The summed E-state index contributed by atoms with van der Waals surface area (Å²) in [4.78, 5) is 24.0. The summed E-state index contributed by atoms with van der Waals surface area (Å²) in [5, 5.41) is 2.56. The van der Waals surface area contributed by atoms with Crippen molar-refractivity contribution in [3.63, 3.8) is 0 Å². The zero-order chi connectivity index (χ0) is 20.6. The van der Waals surface area contributed by atoms with E-state index in [-0.39, 0.29) is 12.0 Å². The number of halogens is 1. The summed E-state index contributed by atoms with van der Waals surface area (Å²) in [6.45, 7) is 0.452. The highest BCUT2D eigenvalue weighted by atomic mass is 19.1. The SMILES string of the molecule is NC(=O)[C@@H](Cc1ccc(OCc2ccccc2)cc1)NC(=O)c1cccc(F)c1. The summed E-state index contributed by atoms with van der Waals surface area (Å²) in [6, 6.07) is 21.3. The molecule has 5 nitrogen and oxygen atoms in total. The second kappa shape index (κ2) is 9.50. The molecular weight excluding hydrogens is 371 g/mol. The average molecular weight is 392 g/mol. The fourth-order valence-corrected chi connectivity index (χ4v) is 2.79. The summed E-state index contributed by atoms with van der Waals surface area (Å²) in [5.74, 6) is -1.06. The molecule has 0 heterocycles. The van der Waals surface area contributed by atoms with Gasteiger partial charge < -0.3 is 15.8 Å². The quantitative estimate of drug-likeness (QED) is 0.618. The van der Waals surface area contributed by atoms with E-state index in [9.17, 15) is 14.0 Å². The summed E-state index contributed by atoms with van der Waals surface area (Å²) in [6.07, 6.45) is 0.218. The molecule has 0 bridgehead atoms. The highest BCUT2D eigenvalue weighted by Crippen LogP contribution is 2.15. The largest absolute Gasteiger partial charge is 0.489 e. The smallest absolute Gasteiger partial charge is 0.252 e. The van der Waals surface area contributed by atoms with Crippen molar-refractivity contribution in [3.05, 3.63) is 101 Å². The molecule has 148 valence electrons. The van der Waals surface area contributed by atoms with Gasteiger partial charge in [-0.3, -0.25) is 9.59 Å². The molecule has 6 heteroatoms.